The second-order valence-corrected chi connectivity index (χ2v) is 8.65. The first-order valence-corrected chi connectivity index (χ1v) is 11.4. The van der Waals surface area contributed by atoms with Crippen molar-refractivity contribution in [2.24, 2.45) is 0 Å². The van der Waals surface area contributed by atoms with Gasteiger partial charge < -0.3 is 14.4 Å². The second kappa shape index (κ2) is 8.88. The average Bonchev–Trinajstić information content (AvgIpc) is 3.30. The Morgan fingerprint density at radius 2 is 2.06 bits per heavy atom. The molecule has 10 heteroatoms. The van der Waals surface area contributed by atoms with Crippen molar-refractivity contribution in [3.8, 4) is 28.9 Å². The van der Waals surface area contributed by atoms with E-state index in [1.807, 2.05) is 36.0 Å². The number of hydrogen-bond donors (Lipinski definition) is 0. The number of methoxy groups -OCH3 is 1. The second-order valence-electron chi connectivity index (χ2n) is 8.24. The van der Waals surface area contributed by atoms with Crippen LogP contribution >= 0.6 is 11.6 Å². The van der Waals surface area contributed by atoms with Gasteiger partial charge in [0, 0.05) is 37.0 Å². The third-order valence-corrected chi connectivity index (χ3v) is 6.46. The van der Waals surface area contributed by atoms with E-state index in [-0.39, 0.29) is 6.10 Å². The average molecular weight is 478 g/mol. The fourth-order valence-corrected chi connectivity index (χ4v) is 4.52. The number of pyridine rings is 2. The molecule has 34 heavy (non-hydrogen) atoms. The summed E-state index contributed by atoms with van der Waals surface area (Å²) in [6.45, 7) is 6.02. The minimum atomic E-state index is -0.326. The molecule has 0 aromatic carbocycles. The summed E-state index contributed by atoms with van der Waals surface area (Å²) in [7, 11) is 1.61. The predicted octanol–water partition coefficient (Wildman–Crippen LogP) is 4.04. The molecule has 0 saturated carbocycles. The van der Waals surface area contributed by atoms with Crippen LogP contribution in [0.25, 0.3) is 16.8 Å². The van der Waals surface area contributed by atoms with Gasteiger partial charge in [-0.15, -0.1) is 0 Å². The van der Waals surface area contributed by atoms with Crippen LogP contribution in [0.5, 0.6) is 11.5 Å². The van der Waals surface area contributed by atoms with Crippen LogP contribution in [0, 0.1) is 18.4 Å². The zero-order valence-corrected chi connectivity index (χ0v) is 20.0. The lowest BCUT2D eigenvalue weighted by atomic mass is 10.1. The molecule has 0 bridgehead atoms. The maximum Gasteiger partial charge on any atom is 0.179 e. The predicted molar refractivity (Wildman–Crippen MR) is 127 cm³/mol. The van der Waals surface area contributed by atoms with Gasteiger partial charge in [-0.05, 0) is 37.6 Å². The van der Waals surface area contributed by atoms with Gasteiger partial charge in [-0.1, -0.05) is 11.6 Å². The molecule has 1 atom stereocenters. The summed E-state index contributed by atoms with van der Waals surface area (Å²) < 4.78 is 15.3. The van der Waals surface area contributed by atoms with Crippen molar-refractivity contribution < 1.29 is 9.47 Å². The fourth-order valence-electron chi connectivity index (χ4n) is 4.30. The molecule has 0 aliphatic carbocycles. The molecule has 0 fully saturated rings. The Hall–Kier alpha value is -3.77. The molecule has 4 aromatic rings. The standard InChI is InChI=1S/C24H24ClN7O2/c1-15-21-6-7-30(14-26)8-9-31(21)29-23(15)17-10-22(24-19(25)12-28-32(24)13-17)34-16(2)20-5-4-18(33-3)11-27-20/h4-5,10-13,16H,6-9H2,1-3H3. The van der Waals surface area contributed by atoms with Crippen molar-refractivity contribution >= 4 is 17.1 Å². The lowest BCUT2D eigenvalue weighted by Gasteiger charge is -2.16. The summed E-state index contributed by atoms with van der Waals surface area (Å²) in [6.07, 6.45) is 7.88. The molecule has 0 saturated heterocycles. The number of hydrogen-bond acceptors (Lipinski definition) is 7. The molecule has 5 heterocycles. The largest absolute Gasteiger partial charge is 0.495 e. The van der Waals surface area contributed by atoms with Crippen LogP contribution < -0.4 is 9.47 Å². The van der Waals surface area contributed by atoms with Crippen LogP contribution in [0.4, 0.5) is 0 Å². The first-order chi connectivity index (χ1) is 16.5. The number of rotatable bonds is 5. The Labute approximate surface area is 202 Å². The first kappa shape index (κ1) is 22.0. The molecule has 9 nitrogen and oxygen atoms in total. The minimum Gasteiger partial charge on any atom is -0.495 e. The molecule has 0 spiro atoms. The molecule has 174 valence electrons. The summed E-state index contributed by atoms with van der Waals surface area (Å²) in [5.74, 6) is 1.29. The summed E-state index contributed by atoms with van der Waals surface area (Å²) in [5, 5.41) is 19.0. The van der Waals surface area contributed by atoms with Crippen LogP contribution in [0.2, 0.25) is 5.02 Å². The highest BCUT2D eigenvalue weighted by atomic mass is 35.5. The van der Waals surface area contributed by atoms with Gasteiger partial charge in [0.2, 0.25) is 0 Å². The Kier molecular flexibility index (Phi) is 5.75. The van der Waals surface area contributed by atoms with E-state index in [2.05, 4.69) is 23.2 Å². The van der Waals surface area contributed by atoms with Crippen molar-refractivity contribution in [2.45, 2.75) is 32.9 Å². The third-order valence-electron chi connectivity index (χ3n) is 6.18. The zero-order chi connectivity index (χ0) is 23.8. The van der Waals surface area contributed by atoms with E-state index in [0.717, 1.165) is 34.6 Å². The van der Waals surface area contributed by atoms with Crippen molar-refractivity contribution in [1.82, 2.24) is 29.3 Å². The van der Waals surface area contributed by atoms with Gasteiger partial charge in [-0.25, -0.2) is 4.52 Å². The number of nitriles is 1. The number of aromatic nitrogens is 5. The van der Waals surface area contributed by atoms with Crippen molar-refractivity contribution in [3.63, 3.8) is 0 Å². The number of ether oxygens (including phenoxy) is 2. The highest BCUT2D eigenvalue weighted by Crippen LogP contribution is 2.36. The first-order valence-electron chi connectivity index (χ1n) is 11.0. The lowest BCUT2D eigenvalue weighted by Crippen LogP contribution is -2.21. The summed E-state index contributed by atoms with van der Waals surface area (Å²) in [6, 6.07) is 5.69. The Morgan fingerprint density at radius 3 is 2.79 bits per heavy atom. The molecule has 5 rings (SSSR count). The van der Waals surface area contributed by atoms with Crippen LogP contribution in [0.15, 0.2) is 36.8 Å². The third kappa shape index (κ3) is 3.90. The van der Waals surface area contributed by atoms with E-state index >= 15 is 0 Å². The molecule has 1 aliphatic heterocycles. The van der Waals surface area contributed by atoms with Crippen molar-refractivity contribution in [1.29, 1.82) is 5.26 Å². The van der Waals surface area contributed by atoms with Gasteiger partial charge >= 0.3 is 0 Å². The van der Waals surface area contributed by atoms with Crippen molar-refractivity contribution in [2.75, 3.05) is 20.2 Å². The Balaban J connectivity index is 1.53. The molecule has 0 radical (unpaired) electrons. The molecule has 4 aromatic heterocycles. The molecule has 0 N–H and O–H groups in total. The highest BCUT2D eigenvalue weighted by molar-refractivity contribution is 6.34. The molecular weight excluding hydrogens is 454 g/mol. The van der Waals surface area contributed by atoms with E-state index in [9.17, 15) is 5.26 Å². The summed E-state index contributed by atoms with van der Waals surface area (Å²) >= 11 is 6.46. The van der Waals surface area contributed by atoms with Crippen molar-refractivity contribution in [3.05, 3.63) is 58.8 Å². The Morgan fingerprint density at radius 1 is 1.21 bits per heavy atom. The number of halogens is 1. The van der Waals surface area contributed by atoms with E-state index < -0.39 is 0 Å². The van der Waals surface area contributed by atoms with Gasteiger partial charge in [0.1, 0.15) is 23.1 Å². The minimum absolute atomic E-state index is 0.326. The Bertz CT molecular complexity index is 1390. The van der Waals surface area contributed by atoms with Gasteiger partial charge in [0.15, 0.2) is 6.19 Å². The maximum atomic E-state index is 9.25. The van der Waals surface area contributed by atoms with E-state index in [1.165, 1.54) is 0 Å². The molecule has 0 amide bonds. The van der Waals surface area contributed by atoms with E-state index in [1.54, 1.807) is 28.9 Å². The zero-order valence-electron chi connectivity index (χ0n) is 19.2. The smallest absolute Gasteiger partial charge is 0.179 e. The quantitative estimate of drug-likeness (QED) is 0.400. The van der Waals surface area contributed by atoms with Gasteiger partial charge in [-0.3, -0.25) is 9.67 Å². The van der Waals surface area contributed by atoms with Crippen LogP contribution in [0.3, 0.4) is 0 Å². The molecule has 1 unspecified atom stereocenters. The van der Waals surface area contributed by atoms with Gasteiger partial charge in [-0.2, -0.15) is 15.5 Å². The summed E-state index contributed by atoms with van der Waals surface area (Å²) in [4.78, 5) is 6.22. The number of nitrogens with zero attached hydrogens (tertiary/aromatic N) is 7. The van der Waals surface area contributed by atoms with Gasteiger partial charge in [0.25, 0.3) is 0 Å². The maximum absolute atomic E-state index is 9.25. The molecule has 1 aliphatic rings. The number of fused-ring (bicyclic) bond motifs is 2. The monoisotopic (exact) mass is 477 g/mol. The molecular formula is C24H24ClN7O2. The van der Waals surface area contributed by atoms with Crippen LogP contribution in [-0.2, 0) is 13.0 Å². The summed E-state index contributed by atoms with van der Waals surface area (Å²) in [5.41, 5.74) is 5.44. The lowest BCUT2D eigenvalue weighted by molar-refractivity contribution is 0.224. The van der Waals surface area contributed by atoms with E-state index in [4.69, 9.17) is 26.2 Å². The van der Waals surface area contributed by atoms with E-state index in [0.29, 0.717) is 41.7 Å². The normalized spacial score (nSPS) is 14.4. The SMILES string of the molecule is COc1ccc(C(C)Oc2cc(-c3nn4c(c3C)CCN(C#N)CC4)cn3ncc(Cl)c23)nc1. The van der Waals surface area contributed by atoms with Gasteiger partial charge in [0.05, 0.1) is 42.5 Å². The van der Waals surface area contributed by atoms with Crippen LogP contribution in [-0.4, -0.2) is 49.5 Å². The highest BCUT2D eigenvalue weighted by Gasteiger charge is 2.22. The topological polar surface area (TPSA) is 93.5 Å². The van der Waals surface area contributed by atoms with Crippen LogP contribution in [0.1, 0.15) is 30.0 Å². The fraction of sp³-hybridized carbons (Fsp3) is 0.333.